The van der Waals surface area contributed by atoms with E-state index in [1.54, 1.807) is 12.4 Å². The standard InChI is InChI=1S/C15H8ClNO/c16-12-7-17-8-13-14(12)11-6-5-9-3-1-2-4-10(9)15(11)18-13/h1-8H. The van der Waals surface area contributed by atoms with Crippen LogP contribution in [0.4, 0.5) is 0 Å². The maximum Gasteiger partial charge on any atom is 0.155 e. The fourth-order valence-corrected chi connectivity index (χ4v) is 2.67. The summed E-state index contributed by atoms with van der Waals surface area (Å²) in [5, 5.41) is 4.86. The first kappa shape index (κ1) is 9.92. The molecule has 0 aliphatic carbocycles. The number of furan rings is 1. The molecule has 86 valence electrons. The zero-order chi connectivity index (χ0) is 12.1. The number of pyridine rings is 1. The number of benzene rings is 2. The number of nitrogens with zero attached hydrogens (tertiary/aromatic N) is 1. The van der Waals surface area contributed by atoms with Crippen molar-refractivity contribution in [3.63, 3.8) is 0 Å². The molecule has 2 nitrogen and oxygen atoms in total. The number of halogens is 1. The number of rotatable bonds is 0. The van der Waals surface area contributed by atoms with Crippen LogP contribution in [0, 0.1) is 0 Å². The summed E-state index contributed by atoms with van der Waals surface area (Å²) >= 11 is 6.21. The highest BCUT2D eigenvalue weighted by molar-refractivity contribution is 6.38. The van der Waals surface area contributed by atoms with Crippen LogP contribution >= 0.6 is 11.6 Å². The zero-order valence-corrected chi connectivity index (χ0v) is 10.1. The van der Waals surface area contributed by atoms with Crippen molar-refractivity contribution in [1.82, 2.24) is 4.98 Å². The molecule has 0 amide bonds. The van der Waals surface area contributed by atoms with E-state index in [-0.39, 0.29) is 0 Å². The van der Waals surface area contributed by atoms with E-state index in [2.05, 4.69) is 29.2 Å². The number of hydrogen-bond donors (Lipinski definition) is 0. The molecule has 0 N–H and O–H groups in total. The quantitative estimate of drug-likeness (QED) is 0.450. The van der Waals surface area contributed by atoms with Gasteiger partial charge in [-0.1, -0.05) is 41.9 Å². The average molecular weight is 254 g/mol. The van der Waals surface area contributed by atoms with Gasteiger partial charge in [-0.25, -0.2) is 0 Å². The van der Waals surface area contributed by atoms with Gasteiger partial charge in [0.15, 0.2) is 5.58 Å². The van der Waals surface area contributed by atoms with Crippen LogP contribution in [0.3, 0.4) is 0 Å². The summed E-state index contributed by atoms with van der Waals surface area (Å²) in [7, 11) is 0. The first-order chi connectivity index (χ1) is 8.84. The van der Waals surface area contributed by atoms with Crippen molar-refractivity contribution >= 4 is 44.3 Å². The van der Waals surface area contributed by atoms with Gasteiger partial charge in [0.05, 0.1) is 16.6 Å². The Morgan fingerprint density at radius 3 is 2.78 bits per heavy atom. The van der Waals surface area contributed by atoms with Crippen LogP contribution in [0.15, 0.2) is 53.2 Å². The predicted molar refractivity (Wildman–Crippen MR) is 74.0 cm³/mol. The molecule has 0 fully saturated rings. The topological polar surface area (TPSA) is 26.0 Å². The van der Waals surface area contributed by atoms with Crippen LogP contribution in [0.25, 0.3) is 32.7 Å². The highest BCUT2D eigenvalue weighted by atomic mass is 35.5. The summed E-state index contributed by atoms with van der Waals surface area (Å²) in [5.74, 6) is 0. The maximum absolute atomic E-state index is 6.21. The summed E-state index contributed by atoms with van der Waals surface area (Å²) < 4.78 is 5.90. The van der Waals surface area contributed by atoms with Crippen LogP contribution in [0.2, 0.25) is 5.02 Å². The van der Waals surface area contributed by atoms with Gasteiger partial charge in [0.25, 0.3) is 0 Å². The molecule has 0 bridgehead atoms. The minimum absolute atomic E-state index is 0.626. The maximum atomic E-state index is 6.21. The lowest BCUT2D eigenvalue weighted by molar-refractivity contribution is 0.670. The van der Waals surface area contributed by atoms with Gasteiger partial charge in [-0.05, 0) is 11.5 Å². The Morgan fingerprint density at radius 2 is 1.83 bits per heavy atom. The lowest BCUT2D eigenvalue weighted by atomic mass is 10.1. The van der Waals surface area contributed by atoms with Crippen LogP contribution < -0.4 is 0 Å². The first-order valence-corrected chi connectivity index (χ1v) is 6.06. The lowest BCUT2D eigenvalue weighted by Crippen LogP contribution is -1.74. The molecular formula is C15H8ClNO. The molecule has 3 heteroatoms. The molecule has 4 aromatic rings. The average Bonchev–Trinajstić information content (AvgIpc) is 2.79. The van der Waals surface area contributed by atoms with Gasteiger partial charge in [-0.15, -0.1) is 0 Å². The summed E-state index contributed by atoms with van der Waals surface area (Å²) in [6.07, 6.45) is 3.35. The molecule has 0 radical (unpaired) electrons. The van der Waals surface area contributed by atoms with E-state index in [4.69, 9.17) is 16.0 Å². The lowest BCUT2D eigenvalue weighted by Gasteiger charge is -1.97. The second-order valence-electron chi connectivity index (χ2n) is 4.26. The van der Waals surface area contributed by atoms with Crippen molar-refractivity contribution in [1.29, 1.82) is 0 Å². The van der Waals surface area contributed by atoms with Crippen LogP contribution in [-0.2, 0) is 0 Å². The van der Waals surface area contributed by atoms with Gasteiger partial charge in [-0.2, -0.15) is 0 Å². The van der Waals surface area contributed by atoms with E-state index in [1.807, 2.05) is 12.1 Å². The van der Waals surface area contributed by atoms with Crippen molar-refractivity contribution in [2.24, 2.45) is 0 Å². The van der Waals surface area contributed by atoms with Crippen molar-refractivity contribution in [3.05, 3.63) is 53.8 Å². The second-order valence-corrected chi connectivity index (χ2v) is 4.67. The molecular weight excluding hydrogens is 246 g/mol. The van der Waals surface area contributed by atoms with Gasteiger partial charge in [0.1, 0.15) is 5.58 Å². The fourth-order valence-electron chi connectivity index (χ4n) is 2.42. The molecule has 18 heavy (non-hydrogen) atoms. The zero-order valence-electron chi connectivity index (χ0n) is 9.35. The van der Waals surface area contributed by atoms with E-state index in [0.29, 0.717) is 5.02 Å². The summed E-state index contributed by atoms with van der Waals surface area (Å²) in [6, 6.07) is 12.3. The van der Waals surface area contributed by atoms with Gasteiger partial charge >= 0.3 is 0 Å². The third-order valence-corrected chi connectivity index (χ3v) is 3.51. The van der Waals surface area contributed by atoms with E-state index in [0.717, 1.165) is 32.7 Å². The number of aromatic nitrogens is 1. The van der Waals surface area contributed by atoms with Gasteiger partial charge < -0.3 is 4.42 Å². The van der Waals surface area contributed by atoms with E-state index >= 15 is 0 Å². The summed E-state index contributed by atoms with van der Waals surface area (Å²) in [5.41, 5.74) is 1.60. The van der Waals surface area contributed by atoms with E-state index in [1.165, 1.54) is 0 Å². The molecule has 0 aliphatic heterocycles. The van der Waals surface area contributed by atoms with Crippen molar-refractivity contribution in [2.75, 3.05) is 0 Å². The highest BCUT2D eigenvalue weighted by Crippen LogP contribution is 2.36. The van der Waals surface area contributed by atoms with Crippen molar-refractivity contribution in [3.8, 4) is 0 Å². The molecule has 0 atom stereocenters. The fraction of sp³-hybridized carbons (Fsp3) is 0. The van der Waals surface area contributed by atoms with Crippen molar-refractivity contribution in [2.45, 2.75) is 0 Å². The Morgan fingerprint density at radius 1 is 0.944 bits per heavy atom. The number of fused-ring (bicyclic) bond motifs is 5. The molecule has 2 heterocycles. The van der Waals surface area contributed by atoms with Crippen LogP contribution in [-0.4, -0.2) is 4.98 Å². The monoisotopic (exact) mass is 253 g/mol. The van der Waals surface area contributed by atoms with Gasteiger partial charge in [-0.3, -0.25) is 4.98 Å². The Bertz CT molecular complexity index is 895. The molecule has 2 aromatic carbocycles. The van der Waals surface area contributed by atoms with E-state index in [9.17, 15) is 0 Å². The Hall–Kier alpha value is -2.06. The molecule has 0 saturated carbocycles. The van der Waals surface area contributed by atoms with Crippen LogP contribution in [0.5, 0.6) is 0 Å². The van der Waals surface area contributed by atoms with Crippen molar-refractivity contribution < 1.29 is 4.42 Å². The SMILES string of the molecule is Clc1cncc2oc3c4ccccc4ccc3c12. The normalized spacial score (nSPS) is 11.6. The molecule has 0 saturated heterocycles. The Balaban J connectivity index is 2.34. The Labute approximate surface area is 108 Å². The minimum atomic E-state index is 0.626. The predicted octanol–water partition coefficient (Wildman–Crippen LogP) is 4.79. The van der Waals surface area contributed by atoms with Crippen LogP contribution in [0.1, 0.15) is 0 Å². The first-order valence-electron chi connectivity index (χ1n) is 5.68. The molecule has 0 unspecified atom stereocenters. The number of hydrogen-bond acceptors (Lipinski definition) is 2. The Kier molecular flexibility index (Phi) is 1.91. The van der Waals surface area contributed by atoms with Gasteiger partial charge in [0.2, 0.25) is 0 Å². The molecule has 0 aliphatic rings. The third kappa shape index (κ3) is 1.21. The second kappa shape index (κ2) is 3.47. The van der Waals surface area contributed by atoms with Gasteiger partial charge in [0, 0.05) is 17.0 Å². The molecule has 4 rings (SSSR count). The molecule has 2 aromatic heterocycles. The third-order valence-electron chi connectivity index (χ3n) is 3.23. The minimum Gasteiger partial charge on any atom is -0.454 e. The summed E-state index contributed by atoms with van der Waals surface area (Å²) in [6.45, 7) is 0. The molecule has 0 spiro atoms. The largest absolute Gasteiger partial charge is 0.454 e. The summed E-state index contributed by atoms with van der Waals surface area (Å²) in [4.78, 5) is 4.06. The highest BCUT2D eigenvalue weighted by Gasteiger charge is 2.12. The smallest absolute Gasteiger partial charge is 0.155 e. The van der Waals surface area contributed by atoms with E-state index < -0.39 is 0 Å².